The number of methoxy groups -OCH3 is 1. The molecule has 3 nitrogen and oxygen atoms in total. The summed E-state index contributed by atoms with van der Waals surface area (Å²) in [5.41, 5.74) is 3.28. The van der Waals surface area contributed by atoms with Gasteiger partial charge in [-0.2, -0.15) is 0 Å². The van der Waals surface area contributed by atoms with E-state index in [1.807, 2.05) is 42.5 Å². The Morgan fingerprint density at radius 3 is 2.21 bits per heavy atom. The fourth-order valence-electron chi connectivity index (χ4n) is 2.67. The topological polar surface area (TPSA) is 43.4 Å². The van der Waals surface area contributed by atoms with Crippen molar-refractivity contribution in [3.8, 4) is 16.9 Å². The molecule has 0 heterocycles. The number of ether oxygens (including phenoxy) is 1. The number of carbonyl (C=O) groups excluding carboxylic acids is 2. The molecule has 0 atom stereocenters. The van der Waals surface area contributed by atoms with Crippen LogP contribution in [0, 0.1) is 0 Å². The smallest absolute Gasteiger partial charge is 0.166 e. The van der Waals surface area contributed by atoms with E-state index in [1.165, 1.54) is 0 Å². The molecule has 0 saturated heterocycles. The van der Waals surface area contributed by atoms with E-state index in [-0.39, 0.29) is 11.6 Å². The van der Waals surface area contributed by atoms with Gasteiger partial charge in [-0.15, -0.1) is 0 Å². The van der Waals surface area contributed by atoms with Crippen LogP contribution in [-0.2, 0) is 0 Å². The summed E-state index contributed by atoms with van der Waals surface area (Å²) >= 11 is 0. The molecule has 0 aliphatic carbocycles. The van der Waals surface area contributed by atoms with E-state index in [2.05, 4.69) is 6.92 Å². The van der Waals surface area contributed by atoms with Gasteiger partial charge < -0.3 is 4.74 Å². The largest absolute Gasteiger partial charge is 0.496 e. The van der Waals surface area contributed by atoms with Gasteiger partial charge in [0.05, 0.1) is 12.7 Å². The molecule has 24 heavy (non-hydrogen) atoms. The van der Waals surface area contributed by atoms with Crippen LogP contribution in [0.5, 0.6) is 5.75 Å². The predicted molar refractivity (Wildman–Crippen MR) is 96.9 cm³/mol. The Labute approximate surface area is 143 Å². The van der Waals surface area contributed by atoms with Gasteiger partial charge in [0.2, 0.25) is 0 Å². The van der Waals surface area contributed by atoms with Crippen molar-refractivity contribution >= 4 is 11.6 Å². The maximum atomic E-state index is 12.3. The van der Waals surface area contributed by atoms with Gasteiger partial charge in [-0.1, -0.05) is 50.1 Å². The summed E-state index contributed by atoms with van der Waals surface area (Å²) in [7, 11) is 1.58. The number of ketones is 2. The number of carbonyl (C=O) groups is 2. The molecule has 126 valence electrons. The van der Waals surface area contributed by atoms with Crippen molar-refractivity contribution in [2.75, 3.05) is 7.11 Å². The Balaban J connectivity index is 2.24. The second kappa shape index (κ2) is 8.44. The molecule has 2 aromatic carbocycles. The van der Waals surface area contributed by atoms with E-state index < -0.39 is 0 Å². The first kappa shape index (κ1) is 17.9. The van der Waals surface area contributed by atoms with Crippen LogP contribution in [0.1, 0.15) is 60.2 Å². The molecule has 0 saturated carbocycles. The number of unbranched alkanes of at least 4 members (excludes halogenated alkanes) is 2. The maximum absolute atomic E-state index is 12.3. The number of Topliss-reactive ketones (excluding diaryl/α,β-unsaturated/α-hetero) is 2. The first-order chi connectivity index (χ1) is 11.6. The molecule has 2 aromatic rings. The molecule has 0 N–H and O–H groups in total. The molecular formula is C21H24O3. The second-order valence-corrected chi connectivity index (χ2v) is 5.93. The molecule has 2 rings (SSSR count). The molecule has 0 unspecified atom stereocenters. The van der Waals surface area contributed by atoms with Crippen LogP contribution in [0.4, 0.5) is 0 Å². The van der Waals surface area contributed by atoms with Crippen molar-refractivity contribution in [3.63, 3.8) is 0 Å². The van der Waals surface area contributed by atoms with E-state index in [1.54, 1.807) is 14.0 Å². The summed E-state index contributed by atoms with van der Waals surface area (Å²) in [6.45, 7) is 3.67. The van der Waals surface area contributed by atoms with Crippen LogP contribution >= 0.6 is 0 Å². The Hall–Kier alpha value is -2.42. The first-order valence-corrected chi connectivity index (χ1v) is 8.39. The summed E-state index contributed by atoms with van der Waals surface area (Å²) < 4.78 is 5.42. The third kappa shape index (κ3) is 4.31. The lowest BCUT2D eigenvalue weighted by atomic mass is 9.98. The highest BCUT2D eigenvalue weighted by molar-refractivity contribution is 5.99. The molecule has 0 radical (unpaired) electrons. The fraction of sp³-hybridized carbons (Fsp3) is 0.333. The normalized spacial score (nSPS) is 10.5. The van der Waals surface area contributed by atoms with Gasteiger partial charge in [0.25, 0.3) is 0 Å². The molecule has 0 aliphatic rings. The van der Waals surface area contributed by atoms with Gasteiger partial charge >= 0.3 is 0 Å². The average Bonchev–Trinajstić information content (AvgIpc) is 2.61. The second-order valence-electron chi connectivity index (χ2n) is 5.93. The molecule has 0 aromatic heterocycles. The summed E-state index contributed by atoms with van der Waals surface area (Å²) in [6, 6.07) is 13.1. The SMILES string of the molecule is CCCCCC(=O)c1ccc(-c2ccc(C(C)=O)cc2)cc1OC. The molecule has 0 fully saturated rings. The zero-order valence-electron chi connectivity index (χ0n) is 14.6. The third-order valence-electron chi connectivity index (χ3n) is 4.13. The lowest BCUT2D eigenvalue weighted by Crippen LogP contribution is -2.02. The Kier molecular flexibility index (Phi) is 6.30. The van der Waals surface area contributed by atoms with Gasteiger partial charge in [0.15, 0.2) is 11.6 Å². The standard InChI is InChI=1S/C21H24O3/c1-4-5-6-7-20(23)19-13-12-18(14-21(19)24-3)17-10-8-16(9-11-17)15(2)22/h8-14H,4-7H2,1-3H3. The molecule has 0 aliphatic heterocycles. The minimum atomic E-state index is 0.0483. The number of hydrogen-bond acceptors (Lipinski definition) is 3. The summed E-state index contributed by atoms with van der Waals surface area (Å²) in [6.07, 6.45) is 3.62. The van der Waals surface area contributed by atoms with Gasteiger partial charge in [0, 0.05) is 12.0 Å². The number of rotatable bonds is 8. The number of hydrogen-bond donors (Lipinski definition) is 0. The van der Waals surface area contributed by atoms with Crippen LogP contribution in [0.2, 0.25) is 0 Å². The van der Waals surface area contributed by atoms with Crippen molar-refractivity contribution in [2.45, 2.75) is 39.5 Å². The van der Waals surface area contributed by atoms with Gasteiger partial charge in [-0.3, -0.25) is 9.59 Å². The molecule has 0 amide bonds. The lowest BCUT2D eigenvalue weighted by Gasteiger charge is -2.11. The quantitative estimate of drug-likeness (QED) is 0.487. The van der Waals surface area contributed by atoms with Gasteiger partial charge in [-0.05, 0) is 36.6 Å². The Morgan fingerprint density at radius 1 is 0.958 bits per heavy atom. The zero-order valence-corrected chi connectivity index (χ0v) is 14.6. The Morgan fingerprint density at radius 2 is 1.62 bits per heavy atom. The monoisotopic (exact) mass is 324 g/mol. The zero-order chi connectivity index (χ0) is 17.5. The lowest BCUT2D eigenvalue weighted by molar-refractivity contribution is 0.0974. The van der Waals surface area contributed by atoms with Crippen LogP contribution in [-0.4, -0.2) is 18.7 Å². The molecule has 3 heteroatoms. The van der Waals surface area contributed by atoms with Gasteiger partial charge in [0.1, 0.15) is 5.75 Å². The van der Waals surface area contributed by atoms with Crippen LogP contribution in [0.15, 0.2) is 42.5 Å². The molecule has 0 bridgehead atoms. The van der Waals surface area contributed by atoms with Crippen molar-refractivity contribution in [1.29, 1.82) is 0 Å². The summed E-state index contributed by atoms with van der Waals surface area (Å²) in [4.78, 5) is 23.7. The van der Waals surface area contributed by atoms with Gasteiger partial charge in [-0.25, -0.2) is 0 Å². The highest BCUT2D eigenvalue weighted by Gasteiger charge is 2.13. The Bertz CT molecular complexity index is 714. The van der Waals surface area contributed by atoms with E-state index in [4.69, 9.17) is 4.74 Å². The van der Waals surface area contributed by atoms with Crippen LogP contribution < -0.4 is 4.74 Å². The van der Waals surface area contributed by atoms with Crippen LogP contribution in [0.25, 0.3) is 11.1 Å². The summed E-state index contributed by atoms with van der Waals surface area (Å²) in [5.74, 6) is 0.774. The first-order valence-electron chi connectivity index (χ1n) is 8.39. The fourth-order valence-corrected chi connectivity index (χ4v) is 2.67. The third-order valence-corrected chi connectivity index (χ3v) is 4.13. The minimum absolute atomic E-state index is 0.0483. The average molecular weight is 324 g/mol. The van der Waals surface area contributed by atoms with Crippen molar-refractivity contribution in [3.05, 3.63) is 53.6 Å². The molecular weight excluding hydrogens is 300 g/mol. The van der Waals surface area contributed by atoms with E-state index >= 15 is 0 Å². The van der Waals surface area contributed by atoms with E-state index in [9.17, 15) is 9.59 Å². The van der Waals surface area contributed by atoms with E-state index in [0.29, 0.717) is 23.3 Å². The molecule has 0 spiro atoms. The van der Waals surface area contributed by atoms with Crippen molar-refractivity contribution < 1.29 is 14.3 Å². The predicted octanol–water partition coefficient (Wildman–Crippen LogP) is 5.33. The highest BCUT2D eigenvalue weighted by Crippen LogP contribution is 2.28. The minimum Gasteiger partial charge on any atom is -0.496 e. The maximum Gasteiger partial charge on any atom is 0.166 e. The van der Waals surface area contributed by atoms with Crippen LogP contribution in [0.3, 0.4) is 0 Å². The summed E-state index contributed by atoms with van der Waals surface area (Å²) in [5, 5.41) is 0. The number of benzene rings is 2. The van der Waals surface area contributed by atoms with Crippen molar-refractivity contribution in [2.24, 2.45) is 0 Å². The highest BCUT2D eigenvalue weighted by atomic mass is 16.5. The van der Waals surface area contributed by atoms with E-state index in [0.717, 1.165) is 30.4 Å². The van der Waals surface area contributed by atoms with Crippen molar-refractivity contribution in [1.82, 2.24) is 0 Å².